The first-order valence-corrected chi connectivity index (χ1v) is 8.09. The Hall–Kier alpha value is -1.48. The number of benzene rings is 1. The minimum atomic E-state index is 0.153. The molecule has 1 amide bonds. The molecule has 1 N–H and O–H groups in total. The van der Waals surface area contributed by atoms with Crippen LogP contribution in [0.25, 0.3) is 10.9 Å². The van der Waals surface area contributed by atoms with Crippen LogP contribution in [0.2, 0.25) is 5.02 Å². The molecule has 3 nitrogen and oxygen atoms in total. The summed E-state index contributed by atoms with van der Waals surface area (Å²) in [6, 6.07) is 5.92. The van der Waals surface area contributed by atoms with Gasteiger partial charge in [-0.25, -0.2) is 0 Å². The maximum Gasteiger partial charge on any atom is 0.225 e. The van der Waals surface area contributed by atoms with Crippen molar-refractivity contribution in [3.63, 3.8) is 0 Å². The molecule has 0 atom stereocenters. The lowest BCUT2D eigenvalue weighted by Crippen LogP contribution is -2.39. The summed E-state index contributed by atoms with van der Waals surface area (Å²) < 4.78 is 0. The fraction of sp³-hybridized carbons (Fsp3) is 0.471. The second kappa shape index (κ2) is 5.72. The average molecular weight is 305 g/mol. The molecule has 0 fully saturated rings. The van der Waals surface area contributed by atoms with Crippen molar-refractivity contribution in [1.29, 1.82) is 0 Å². The number of halogens is 1. The fourth-order valence-corrected chi connectivity index (χ4v) is 3.44. The molecule has 2 heterocycles. The van der Waals surface area contributed by atoms with Crippen LogP contribution in [0.4, 0.5) is 0 Å². The molecule has 0 radical (unpaired) electrons. The molecule has 112 valence electrons. The van der Waals surface area contributed by atoms with E-state index < -0.39 is 0 Å². The highest BCUT2D eigenvalue weighted by Gasteiger charge is 2.27. The summed E-state index contributed by atoms with van der Waals surface area (Å²) in [6.45, 7) is 5.69. The lowest BCUT2D eigenvalue weighted by Gasteiger charge is -2.30. The number of nitrogens with one attached hydrogen (secondary N) is 1. The van der Waals surface area contributed by atoms with Gasteiger partial charge in [0.05, 0.1) is 0 Å². The molecule has 1 aromatic carbocycles. The molecule has 0 bridgehead atoms. The third kappa shape index (κ3) is 2.55. The van der Waals surface area contributed by atoms with Crippen LogP contribution in [0.1, 0.15) is 37.9 Å². The zero-order valence-corrected chi connectivity index (χ0v) is 13.3. The van der Waals surface area contributed by atoms with E-state index in [4.69, 9.17) is 11.6 Å². The van der Waals surface area contributed by atoms with Crippen molar-refractivity contribution < 1.29 is 4.79 Å². The summed E-state index contributed by atoms with van der Waals surface area (Å²) in [5.41, 5.74) is 3.60. The molecule has 21 heavy (non-hydrogen) atoms. The second-order valence-corrected chi connectivity index (χ2v) is 6.23. The number of H-pyrrole nitrogens is 1. The van der Waals surface area contributed by atoms with Crippen molar-refractivity contribution in [3.8, 4) is 0 Å². The quantitative estimate of drug-likeness (QED) is 0.909. The number of carbonyl (C=O) groups excluding carboxylic acids is 1. The van der Waals surface area contributed by atoms with E-state index in [0.29, 0.717) is 12.5 Å². The number of fused-ring (bicyclic) bond motifs is 3. The van der Waals surface area contributed by atoms with Crippen LogP contribution < -0.4 is 0 Å². The Morgan fingerprint density at radius 2 is 2.14 bits per heavy atom. The van der Waals surface area contributed by atoms with E-state index in [0.717, 1.165) is 41.7 Å². The minimum absolute atomic E-state index is 0.153. The SMILES string of the molecule is CCC(CC)C(=O)N1CCc2[nH]c3ccc(Cl)cc3c2C1. The van der Waals surface area contributed by atoms with Gasteiger partial charge in [-0.3, -0.25) is 4.79 Å². The Bertz CT molecular complexity index is 673. The highest BCUT2D eigenvalue weighted by molar-refractivity contribution is 6.31. The van der Waals surface area contributed by atoms with E-state index in [-0.39, 0.29) is 5.92 Å². The Balaban J connectivity index is 1.92. The van der Waals surface area contributed by atoms with E-state index in [9.17, 15) is 4.79 Å². The van der Waals surface area contributed by atoms with Gasteiger partial charge in [-0.1, -0.05) is 25.4 Å². The van der Waals surface area contributed by atoms with Crippen molar-refractivity contribution in [1.82, 2.24) is 9.88 Å². The van der Waals surface area contributed by atoms with Gasteiger partial charge in [0.1, 0.15) is 0 Å². The number of rotatable bonds is 3. The van der Waals surface area contributed by atoms with Gasteiger partial charge < -0.3 is 9.88 Å². The van der Waals surface area contributed by atoms with Gasteiger partial charge in [0.15, 0.2) is 0 Å². The van der Waals surface area contributed by atoms with E-state index in [1.165, 1.54) is 11.3 Å². The monoisotopic (exact) mass is 304 g/mol. The Morgan fingerprint density at radius 1 is 1.38 bits per heavy atom. The molecule has 0 unspecified atom stereocenters. The van der Waals surface area contributed by atoms with Crippen molar-refractivity contribution in [2.45, 2.75) is 39.7 Å². The molecule has 0 saturated carbocycles. The number of carbonyl (C=O) groups is 1. The van der Waals surface area contributed by atoms with Crippen LogP contribution in [-0.4, -0.2) is 22.3 Å². The summed E-state index contributed by atoms with van der Waals surface area (Å²) in [6.07, 6.45) is 2.73. The normalized spacial score (nSPS) is 14.8. The number of amides is 1. The van der Waals surface area contributed by atoms with Gasteiger partial charge in [-0.05, 0) is 31.0 Å². The Labute approximate surface area is 130 Å². The third-order valence-electron chi connectivity index (χ3n) is 4.58. The minimum Gasteiger partial charge on any atom is -0.358 e. The number of hydrogen-bond acceptors (Lipinski definition) is 1. The fourth-order valence-electron chi connectivity index (χ4n) is 3.27. The van der Waals surface area contributed by atoms with Crippen molar-refractivity contribution in [3.05, 3.63) is 34.5 Å². The van der Waals surface area contributed by atoms with Crippen LogP contribution in [0.15, 0.2) is 18.2 Å². The van der Waals surface area contributed by atoms with Crippen molar-refractivity contribution >= 4 is 28.4 Å². The van der Waals surface area contributed by atoms with Gasteiger partial charge in [0.2, 0.25) is 5.91 Å². The van der Waals surface area contributed by atoms with Crippen LogP contribution in [-0.2, 0) is 17.8 Å². The van der Waals surface area contributed by atoms with E-state index in [2.05, 4.69) is 18.8 Å². The Morgan fingerprint density at radius 3 is 2.86 bits per heavy atom. The molecule has 0 spiro atoms. The molecule has 1 aromatic heterocycles. The lowest BCUT2D eigenvalue weighted by molar-refractivity contribution is -0.136. The average Bonchev–Trinajstić information content (AvgIpc) is 2.85. The molecule has 4 heteroatoms. The first-order chi connectivity index (χ1) is 10.1. The molecule has 2 aromatic rings. The van der Waals surface area contributed by atoms with Gasteiger partial charge in [-0.15, -0.1) is 0 Å². The molecule has 1 aliphatic rings. The Kier molecular flexibility index (Phi) is 3.94. The standard InChI is InChI=1S/C17H21ClN2O/c1-3-11(4-2)17(21)20-8-7-16-14(10-20)13-9-12(18)5-6-15(13)19-16/h5-6,9,11,19H,3-4,7-8,10H2,1-2H3. The van der Waals surface area contributed by atoms with Crippen LogP contribution >= 0.6 is 11.6 Å². The second-order valence-electron chi connectivity index (χ2n) is 5.80. The zero-order chi connectivity index (χ0) is 15.0. The molecular weight excluding hydrogens is 284 g/mol. The highest BCUT2D eigenvalue weighted by Crippen LogP contribution is 2.30. The van der Waals surface area contributed by atoms with Crippen molar-refractivity contribution in [2.24, 2.45) is 5.92 Å². The summed E-state index contributed by atoms with van der Waals surface area (Å²) in [4.78, 5) is 18.1. The molecule has 1 aliphatic heterocycles. The summed E-state index contributed by atoms with van der Waals surface area (Å²) in [7, 11) is 0. The van der Waals surface area contributed by atoms with E-state index in [1.54, 1.807) is 0 Å². The molecule has 0 saturated heterocycles. The zero-order valence-electron chi connectivity index (χ0n) is 12.6. The number of hydrogen-bond donors (Lipinski definition) is 1. The topological polar surface area (TPSA) is 36.1 Å². The number of aromatic nitrogens is 1. The van der Waals surface area contributed by atoms with Gasteiger partial charge in [-0.2, -0.15) is 0 Å². The summed E-state index contributed by atoms with van der Waals surface area (Å²) in [5, 5.41) is 1.90. The van der Waals surface area contributed by atoms with E-state index in [1.807, 2.05) is 23.1 Å². The number of nitrogens with zero attached hydrogens (tertiary/aromatic N) is 1. The van der Waals surface area contributed by atoms with Crippen LogP contribution in [0.5, 0.6) is 0 Å². The van der Waals surface area contributed by atoms with Crippen molar-refractivity contribution in [2.75, 3.05) is 6.54 Å². The van der Waals surface area contributed by atoms with E-state index >= 15 is 0 Å². The summed E-state index contributed by atoms with van der Waals surface area (Å²) >= 11 is 6.12. The predicted molar refractivity (Wildman–Crippen MR) is 86.5 cm³/mol. The van der Waals surface area contributed by atoms with Gasteiger partial charge in [0, 0.05) is 52.6 Å². The predicted octanol–water partition coefficient (Wildman–Crippen LogP) is 4.14. The van der Waals surface area contributed by atoms with Gasteiger partial charge in [0.25, 0.3) is 0 Å². The maximum atomic E-state index is 12.6. The molecule has 0 aliphatic carbocycles. The molecular formula is C17H21ClN2O. The summed E-state index contributed by atoms with van der Waals surface area (Å²) in [5.74, 6) is 0.447. The number of aromatic amines is 1. The highest BCUT2D eigenvalue weighted by atomic mass is 35.5. The lowest BCUT2D eigenvalue weighted by atomic mass is 9.98. The van der Waals surface area contributed by atoms with Gasteiger partial charge >= 0.3 is 0 Å². The third-order valence-corrected chi connectivity index (χ3v) is 4.82. The molecule has 3 rings (SSSR count). The smallest absolute Gasteiger partial charge is 0.225 e. The maximum absolute atomic E-state index is 12.6. The largest absolute Gasteiger partial charge is 0.358 e. The first kappa shape index (κ1) is 14.5. The van der Waals surface area contributed by atoms with Crippen LogP contribution in [0, 0.1) is 5.92 Å². The first-order valence-electron chi connectivity index (χ1n) is 7.71. The van der Waals surface area contributed by atoms with Crippen LogP contribution in [0.3, 0.4) is 0 Å².